The van der Waals surface area contributed by atoms with Crippen molar-refractivity contribution < 1.29 is 27.5 Å². The van der Waals surface area contributed by atoms with Gasteiger partial charge in [-0.2, -0.15) is 5.10 Å². The lowest BCUT2D eigenvalue weighted by atomic mass is 9.78. The van der Waals surface area contributed by atoms with Crippen LogP contribution in [0.3, 0.4) is 0 Å². The predicted octanol–water partition coefficient (Wildman–Crippen LogP) is 6.93. The van der Waals surface area contributed by atoms with E-state index < -0.39 is 15.9 Å². The van der Waals surface area contributed by atoms with E-state index in [-0.39, 0.29) is 42.5 Å². The van der Waals surface area contributed by atoms with Crippen LogP contribution in [-0.4, -0.2) is 79.5 Å². The molecule has 7 rings (SSSR count). The summed E-state index contributed by atoms with van der Waals surface area (Å²) in [5, 5.41) is 4.61. The van der Waals surface area contributed by atoms with Crippen LogP contribution < -0.4 is 9.64 Å². The minimum Gasteiger partial charge on any atom is -0.496 e. The van der Waals surface area contributed by atoms with Crippen LogP contribution in [0.25, 0.3) is 11.1 Å². The number of benzene rings is 2. The highest BCUT2D eigenvalue weighted by Crippen LogP contribution is 2.40. The van der Waals surface area contributed by atoms with Gasteiger partial charge >= 0.3 is 6.09 Å². The fourth-order valence-electron chi connectivity index (χ4n) is 8.05. The first-order chi connectivity index (χ1) is 24.2. The van der Waals surface area contributed by atoms with Crippen LogP contribution in [0.5, 0.6) is 5.75 Å². The zero-order chi connectivity index (χ0) is 34.8. The molecule has 50 heavy (non-hydrogen) atoms. The van der Waals surface area contributed by atoms with Gasteiger partial charge in [0.25, 0.3) is 0 Å². The molecule has 4 aliphatic rings. The van der Waals surface area contributed by atoms with Crippen molar-refractivity contribution in [3.05, 3.63) is 66.0 Å². The third-order valence-electron chi connectivity index (χ3n) is 11.4. The molecule has 3 aromatic rings. The number of hydrogen-bond acceptors (Lipinski definition) is 7. The van der Waals surface area contributed by atoms with Crippen LogP contribution in [-0.2, 0) is 19.4 Å². The first-order valence-corrected chi connectivity index (χ1v) is 20.2. The van der Waals surface area contributed by atoms with Crippen molar-refractivity contribution >= 4 is 27.5 Å². The number of carbonyl (C=O) groups is 2. The highest BCUT2D eigenvalue weighted by molar-refractivity contribution is 7.91. The van der Waals surface area contributed by atoms with Gasteiger partial charge in [-0.25, -0.2) is 13.2 Å². The van der Waals surface area contributed by atoms with Crippen LogP contribution in [0.1, 0.15) is 87.3 Å². The Morgan fingerprint density at radius 1 is 0.900 bits per heavy atom. The molecule has 1 saturated heterocycles. The summed E-state index contributed by atoms with van der Waals surface area (Å²) in [5.74, 6) is 1.79. The second-order valence-corrected chi connectivity index (χ2v) is 17.2. The normalized spacial score (nSPS) is 25.1. The van der Waals surface area contributed by atoms with Gasteiger partial charge in [-0.1, -0.05) is 24.3 Å². The molecule has 0 unspecified atom stereocenters. The van der Waals surface area contributed by atoms with Gasteiger partial charge in [0.1, 0.15) is 11.9 Å². The molecule has 0 atom stereocenters. The Morgan fingerprint density at radius 3 is 2.32 bits per heavy atom. The van der Waals surface area contributed by atoms with Gasteiger partial charge in [-0.3, -0.25) is 9.48 Å². The average molecular weight is 703 g/mol. The molecule has 0 spiro atoms. The fourth-order valence-corrected chi connectivity index (χ4v) is 9.26. The molecule has 1 aliphatic heterocycles. The van der Waals surface area contributed by atoms with Gasteiger partial charge in [-0.05, 0) is 118 Å². The van der Waals surface area contributed by atoms with Gasteiger partial charge in [0.05, 0.1) is 30.9 Å². The van der Waals surface area contributed by atoms with E-state index >= 15 is 0 Å². The topological polar surface area (TPSA) is 111 Å². The number of nitrogens with zero attached hydrogens (tertiary/aromatic N) is 4. The van der Waals surface area contributed by atoms with Crippen molar-refractivity contribution in [2.75, 3.05) is 43.1 Å². The monoisotopic (exact) mass is 702 g/mol. The van der Waals surface area contributed by atoms with Gasteiger partial charge in [0.2, 0.25) is 5.91 Å². The lowest BCUT2D eigenvalue weighted by Crippen LogP contribution is -2.45. The van der Waals surface area contributed by atoms with E-state index in [1.54, 1.807) is 7.11 Å². The number of aryl methyl sites for hydroxylation is 1. The van der Waals surface area contributed by atoms with Crippen LogP contribution in [0.2, 0.25) is 0 Å². The number of methoxy groups -OCH3 is 1. The maximum absolute atomic E-state index is 14.5. The fraction of sp³-hybridized carbons (Fsp3) is 0.564. The molecule has 268 valence electrons. The van der Waals surface area contributed by atoms with E-state index in [1.165, 1.54) is 23.3 Å². The standard InChI is InChI=1S/C39H50N4O6S/c1-27-22-32(12-17-37(27)48-2)29-8-6-28(7-9-29)25-42(35-5-3-4-31(23-35)33-24-40-43(26-33)34-13-14-34)38(44)30-10-15-36(16-11-30)49-39(45)41-18-20-50(46,47)21-19-41/h3-5,12,17,22-24,26,28-30,34,36H,6-11,13-16,18-21,25H2,1-2H3/t28-,29-,30-,36-. The van der Waals surface area contributed by atoms with E-state index in [0.29, 0.717) is 50.1 Å². The van der Waals surface area contributed by atoms with Crippen molar-refractivity contribution in [3.63, 3.8) is 0 Å². The first-order valence-electron chi connectivity index (χ1n) is 18.4. The summed E-state index contributed by atoms with van der Waals surface area (Å²) in [6.45, 7) is 3.13. The number of rotatable bonds is 9. The summed E-state index contributed by atoms with van der Waals surface area (Å²) in [4.78, 5) is 30.8. The van der Waals surface area contributed by atoms with E-state index in [2.05, 4.69) is 59.3 Å². The van der Waals surface area contributed by atoms with Crippen LogP contribution in [0.15, 0.2) is 54.9 Å². The molecule has 2 amide bonds. The Balaban J connectivity index is 1.02. The molecule has 0 bridgehead atoms. The molecule has 2 aromatic carbocycles. The molecular weight excluding hydrogens is 653 g/mol. The van der Waals surface area contributed by atoms with Crippen molar-refractivity contribution in [1.29, 1.82) is 0 Å². The van der Waals surface area contributed by atoms with E-state index in [4.69, 9.17) is 9.47 Å². The maximum atomic E-state index is 14.5. The van der Waals surface area contributed by atoms with Crippen molar-refractivity contribution in [3.8, 4) is 16.9 Å². The summed E-state index contributed by atoms with van der Waals surface area (Å²) in [5.41, 5.74) is 5.59. The molecule has 3 aliphatic carbocycles. The summed E-state index contributed by atoms with van der Waals surface area (Å²) in [7, 11) is -1.37. The number of ether oxygens (including phenoxy) is 2. The predicted molar refractivity (Wildman–Crippen MR) is 193 cm³/mol. The summed E-state index contributed by atoms with van der Waals surface area (Å²) in [6.07, 6.45) is 12.6. The molecule has 4 fully saturated rings. The minimum absolute atomic E-state index is 0.0218. The Bertz CT molecular complexity index is 1770. The summed E-state index contributed by atoms with van der Waals surface area (Å²) >= 11 is 0. The first kappa shape index (κ1) is 34.6. The Kier molecular flexibility index (Phi) is 10.2. The lowest BCUT2D eigenvalue weighted by molar-refractivity contribution is -0.124. The van der Waals surface area contributed by atoms with Gasteiger partial charge in [-0.15, -0.1) is 0 Å². The SMILES string of the molecule is COc1ccc([C@H]2CC[C@H](CN(c3cccc(-c4cnn(C5CC5)c4)c3)C(=O)[C@H]3CC[C@H](OC(=O)N4CCS(=O)(=O)CC4)CC3)CC2)cc1C. The van der Waals surface area contributed by atoms with Crippen LogP contribution in [0.4, 0.5) is 10.5 Å². The van der Waals surface area contributed by atoms with Crippen LogP contribution in [0, 0.1) is 18.8 Å². The molecule has 3 saturated carbocycles. The number of hydrogen-bond donors (Lipinski definition) is 0. The average Bonchev–Trinajstić information content (AvgIpc) is 3.86. The van der Waals surface area contributed by atoms with Crippen molar-refractivity contribution in [1.82, 2.24) is 14.7 Å². The van der Waals surface area contributed by atoms with Crippen LogP contribution >= 0.6 is 0 Å². The highest BCUT2D eigenvalue weighted by atomic mass is 32.2. The number of anilines is 1. The molecule has 0 radical (unpaired) electrons. The quantitative estimate of drug-likeness (QED) is 0.238. The summed E-state index contributed by atoms with van der Waals surface area (Å²) in [6, 6.07) is 15.4. The van der Waals surface area contributed by atoms with Crippen molar-refractivity contribution in [2.45, 2.75) is 89.2 Å². The van der Waals surface area contributed by atoms with E-state index in [0.717, 1.165) is 53.8 Å². The number of amides is 2. The maximum Gasteiger partial charge on any atom is 0.410 e. The zero-order valence-electron chi connectivity index (χ0n) is 29.3. The third kappa shape index (κ3) is 8.03. The number of aromatic nitrogens is 2. The summed E-state index contributed by atoms with van der Waals surface area (Å²) < 4.78 is 36.9. The molecule has 2 heterocycles. The third-order valence-corrected chi connectivity index (χ3v) is 13.0. The lowest BCUT2D eigenvalue weighted by Gasteiger charge is -2.36. The Hall–Kier alpha value is -3.86. The number of carbonyl (C=O) groups excluding carboxylic acids is 2. The molecule has 10 nitrogen and oxygen atoms in total. The molecular formula is C39H50N4O6S. The second kappa shape index (κ2) is 14.8. The second-order valence-electron chi connectivity index (χ2n) is 14.9. The van der Waals surface area contributed by atoms with Gasteiger partial charge < -0.3 is 19.3 Å². The Morgan fingerprint density at radius 2 is 1.64 bits per heavy atom. The van der Waals surface area contributed by atoms with E-state index in [1.807, 2.05) is 17.2 Å². The highest BCUT2D eigenvalue weighted by Gasteiger charge is 2.35. The Labute approximate surface area is 296 Å². The smallest absolute Gasteiger partial charge is 0.410 e. The zero-order valence-corrected chi connectivity index (χ0v) is 30.2. The molecule has 11 heteroatoms. The van der Waals surface area contributed by atoms with Gasteiger partial charge in [0.15, 0.2) is 9.84 Å². The number of sulfone groups is 1. The van der Waals surface area contributed by atoms with Crippen molar-refractivity contribution in [2.24, 2.45) is 11.8 Å². The van der Waals surface area contributed by atoms with E-state index in [9.17, 15) is 18.0 Å². The molecule has 1 aromatic heterocycles. The van der Waals surface area contributed by atoms with Gasteiger partial charge in [0, 0.05) is 43.0 Å². The minimum atomic E-state index is -3.08. The molecule has 0 N–H and O–H groups in total. The largest absolute Gasteiger partial charge is 0.496 e.